The van der Waals surface area contributed by atoms with Crippen LogP contribution in [0.2, 0.25) is 0 Å². The molecular formula is C13H17F2N3O2S. The molecule has 8 heteroatoms. The molecule has 0 aromatic heterocycles. The van der Waals surface area contributed by atoms with E-state index in [1.165, 1.54) is 0 Å². The third-order valence-electron chi connectivity index (χ3n) is 4.05. The lowest BCUT2D eigenvalue weighted by Gasteiger charge is -2.47. The minimum atomic E-state index is -3.90. The lowest BCUT2D eigenvalue weighted by atomic mass is 10.1. The van der Waals surface area contributed by atoms with Crippen LogP contribution in [-0.2, 0) is 10.0 Å². The van der Waals surface area contributed by atoms with Crippen LogP contribution in [0.3, 0.4) is 0 Å². The van der Waals surface area contributed by atoms with Crippen molar-refractivity contribution < 1.29 is 17.2 Å². The fourth-order valence-electron chi connectivity index (χ4n) is 2.89. The molecule has 3 aliphatic rings. The second kappa shape index (κ2) is 5.60. The van der Waals surface area contributed by atoms with Crippen molar-refractivity contribution in [3.8, 4) is 0 Å². The van der Waals surface area contributed by atoms with Crippen LogP contribution in [0.25, 0.3) is 0 Å². The van der Waals surface area contributed by atoms with Crippen molar-refractivity contribution >= 4 is 10.0 Å². The molecule has 1 atom stereocenters. The molecule has 2 bridgehead atoms. The summed E-state index contributed by atoms with van der Waals surface area (Å²) in [5.74, 6) is -1.80. The summed E-state index contributed by atoms with van der Waals surface area (Å²) in [7, 11) is -3.90. The van der Waals surface area contributed by atoms with Crippen LogP contribution in [0.5, 0.6) is 0 Å². The van der Waals surface area contributed by atoms with E-state index in [1.54, 1.807) is 0 Å². The number of benzene rings is 1. The molecule has 116 valence electrons. The van der Waals surface area contributed by atoms with Crippen molar-refractivity contribution in [2.24, 2.45) is 0 Å². The average molecular weight is 317 g/mol. The smallest absolute Gasteiger partial charge is 0.240 e. The van der Waals surface area contributed by atoms with E-state index in [1.807, 2.05) is 0 Å². The maximum Gasteiger partial charge on any atom is 0.240 e. The van der Waals surface area contributed by atoms with Gasteiger partial charge in [-0.2, -0.15) is 0 Å². The first kappa shape index (κ1) is 14.8. The highest BCUT2D eigenvalue weighted by molar-refractivity contribution is 7.89. The lowest BCUT2D eigenvalue weighted by molar-refractivity contribution is 0.0158. The fourth-order valence-corrected chi connectivity index (χ4v) is 4.01. The Bertz CT molecular complexity index is 610. The Kier molecular flexibility index (Phi) is 3.96. The van der Waals surface area contributed by atoms with Gasteiger partial charge in [-0.25, -0.2) is 21.9 Å². The first-order chi connectivity index (χ1) is 9.94. The van der Waals surface area contributed by atoms with Crippen LogP contribution in [0.1, 0.15) is 0 Å². The Labute approximate surface area is 122 Å². The van der Waals surface area contributed by atoms with E-state index < -0.39 is 21.7 Å². The summed E-state index contributed by atoms with van der Waals surface area (Å²) in [6, 6.07) is 2.41. The third kappa shape index (κ3) is 3.23. The quantitative estimate of drug-likeness (QED) is 0.864. The van der Waals surface area contributed by atoms with Crippen LogP contribution < -0.4 is 4.72 Å². The minimum Gasteiger partial charge on any atom is -0.299 e. The van der Waals surface area contributed by atoms with Gasteiger partial charge in [-0.15, -0.1) is 0 Å². The molecule has 0 saturated carbocycles. The molecule has 0 radical (unpaired) electrons. The number of nitrogens with zero attached hydrogens (tertiary/aromatic N) is 2. The molecule has 0 amide bonds. The van der Waals surface area contributed by atoms with Crippen molar-refractivity contribution in [2.75, 3.05) is 39.3 Å². The number of hydrogen-bond donors (Lipinski definition) is 1. The van der Waals surface area contributed by atoms with Crippen molar-refractivity contribution in [3.63, 3.8) is 0 Å². The van der Waals surface area contributed by atoms with Gasteiger partial charge in [-0.05, 0) is 12.1 Å². The number of nitrogens with one attached hydrogen (secondary N) is 1. The molecule has 3 saturated heterocycles. The van der Waals surface area contributed by atoms with Gasteiger partial charge >= 0.3 is 0 Å². The second-order valence-electron chi connectivity index (χ2n) is 5.45. The predicted octanol–water partition coefficient (Wildman–Crippen LogP) is 0.243. The topological polar surface area (TPSA) is 52.7 Å². The molecule has 21 heavy (non-hydrogen) atoms. The molecular weight excluding hydrogens is 300 g/mol. The molecule has 1 aromatic rings. The zero-order chi connectivity index (χ0) is 15.0. The van der Waals surface area contributed by atoms with Gasteiger partial charge in [-0.1, -0.05) is 0 Å². The van der Waals surface area contributed by atoms with Crippen molar-refractivity contribution in [1.29, 1.82) is 0 Å². The molecule has 3 aliphatic heterocycles. The zero-order valence-corrected chi connectivity index (χ0v) is 12.2. The van der Waals surface area contributed by atoms with E-state index in [0.29, 0.717) is 6.07 Å². The largest absolute Gasteiger partial charge is 0.299 e. The number of fused-ring (bicyclic) bond motifs is 3. The maximum absolute atomic E-state index is 13.1. The van der Waals surface area contributed by atoms with Gasteiger partial charge in [0.05, 0.1) is 4.90 Å². The van der Waals surface area contributed by atoms with Gasteiger partial charge in [0, 0.05) is 51.4 Å². The van der Waals surface area contributed by atoms with Gasteiger partial charge in [0.15, 0.2) is 0 Å². The van der Waals surface area contributed by atoms with E-state index in [0.717, 1.165) is 44.9 Å². The van der Waals surface area contributed by atoms with Crippen molar-refractivity contribution in [3.05, 3.63) is 29.8 Å². The molecule has 0 aliphatic carbocycles. The number of sulfonamides is 1. The monoisotopic (exact) mass is 317 g/mol. The molecule has 1 unspecified atom stereocenters. The summed E-state index contributed by atoms with van der Waals surface area (Å²) < 4.78 is 52.9. The number of halogens is 2. The van der Waals surface area contributed by atoms with Gasteiger partial charge in [0.2, 0.25) is 10.0 Å². The number of rotatable bonds is 4. The average Bonchev–Trinajstić information content (AvgIpc) is 2.45. The first-order valence-electron chi connectivity index (χ1n) is 6.86. The predicted molar refractivity (Wildman–Crippen MR) is 73.3 cm³/mol. The Morgan fingerprint density at radius 3 is 2.24 bits per heavy atom. The Morgan fingerprint density at radius 1 is 1.10 bits per heavy atom. The number of piperazine rings is 3. The molecule has 3 fully saturated rings. The normalized spacial score (nSPS) is 28.8. The SMILES string of the molecule is O=S(=O)(NCC1CN2CCN1CC2)c1cc(F)cc(F)c1. The van der Waals surface area contributed by atoms with Crippen LogP contribution in [0.4, 0.5) is 8.78 Å². The van der Waals surface area contributed by atoms with Crippen molar-refractivity contribution in [1.82, 2.24) is 14.5 Å². The highest BCUT2D eigenvalue weighted by Crippen LogP contribution is 2.17. The highest BCUT2D eigenvalue weighted by Gasteiger charge is 2.32. The van der Waals surface area contributed by atoms with Crippen molar-refractivity contribution in [2.45, 2.75) is 10.9 Å². The van der Waals surface area contributed by atoms with E-state index in [4.69, 9.17) is 0 Å². The van der Waals surface area contributed by atoms with Gasteiger partial charge in [0.1, 0.15) is 11.6 Å². The Hall–Kier alpha value is -1.09. The minimum absolute atomic E-state index is 0.112. The van der Waals surface area contributed by atoms with E-state index in [9.17, 15) is 17.2 Å². The molecule has 4 rings (SSSR count). The van der Waals surface area contributed by atoms with Crippen LogP contribution in [0, 0.1) is 11.6 Å². The summed E-state index contributed by atoms with van der Waals surface area (Å²) in [6.07, 6.45) is 0. The summed E-state index contributed by atoms with van der Waals surface area (Å²) in [6.45, 7) is 4.95. The summed E-state index contributed by atoms with van der Waals surface area (Å²) >= 11 is 0. The fraction of sp³-hybridized carbons (Fsp3) is 0.538. The molecule has 3 heterocycles. The van der Waals surface area contributed by atoms with Crippen LogP contribution >= 0.6 is 0 Å². The van der Waals surface area contributed by atoms with Gasteiger partial charge < -0.3 is 0 Å². The standard InChI is InChI=1S/C13H17F2N3O2S/c14-10-5-11(15)7-13(6-10)21(19,20)16-8-12-9-17-1-3-18(12)4-2-17/h5-7,12,16H,1-4,8-9H2. The molecule has 1 N–H and O–H groups in total. The maximum atomic E-state index is 13.1. The van der Waals surface area contributed by atoms with Crippen LogP contribution in [0.15, 0.2) is 23.1 Å². The molecule has 0 spiro atoms. The van der Waals surface area contributed by atoms with E-state index in [-0.39, 0.29) is 17.5 Å². The third-order valence-corrected chi connectivity index (χ3v) is 5.45. The summed E-state index contributed by atoms with van der Waals surface area (Å²) in [4.78, 5) is 4.16. The Balaban J connectivity index is 1.69. The van der Waals surface area contributed by atoms with Crippen LogP contribution in [-0.4, -0.2) is 63.5 Å². The summed E-state index contributed by atoms with van der Waals surface area (Å²) in [5.41, 5.74) is 0. The lowest BCUT2D eigenvalue weighted by Crippen LogP contribution is -2.63. The van der Waals surface area contributed by atoms with Gasteiger partial charge in [-0.3, -0.25) is 9.80 Å². The molecule has 1 aromatic carbocycles. The van der Waals surface area contributed by atoms with E-state index >= 15 is 0 Å². The first-order valence-corrected chi connectivity index (χ1v) is 8.34. The Morgan fingerprint density at radius 2 is 1.71 bits per heavy atom. The molecule has 5 nitrogen and oxygen atoms in total. The van der Waals surface area contributed by atoms with Gasteiger partial charge in [0.25, 0.3) is 0 Å². The second-order valence-corrected chi connectivity index (χ2v) is 7.21. The number of hydrogen-bond acceptors (Lipinski definition) is 4. The van der Waals surface area contributed by atoms with E-state index in [2.05, 4.69) is 14.5 Å². The highest BCUT2D eigenvalue weighted by atomic mass is 32.2. The zero-order valence-electron chi connectivity index (χ0n) is 11.4. The summed E-state index contributed by atoms with van der Waals surface area (Å²) in [5, 5.41) is 0.